The topological polar surface area (TPSA) is 85.8 Å². The van der Waals surface area contributed by atoms with E-state index in [1.54, 1.807) is 24.3 Å². The molecule has 0 bridgehead atoms. The van der Waals surface area contributed by atoms with Gasteiger partial charge in [-0.25, -0.2) is 14.4 Å². The molecule has 0 atom stereocenters. The van der Waals surface area contributed by atoms with Gasteiger partial charge in [0.1, 0.15) is 36.1 Å². The van der Waals surface area contributed by atoms with E-state index in [1.165, 1.54) is 24.5 Å². The zero-order valence-corrected chi connectivity index (χ0v) is 22.0. The highest BCUT2D eigenvalue weighted by Crippen LogP contribution is 2.28. The molecular formula is C29H28ClFN4O4. The number of nitrogens with zero attached hydrogens (tertiary/aromatic N) is 3. The number of ether oxygens (including phenoxy) is 3. The molecule has 1 fully saturated rings. The van der Waals surface area contributed by atoms with Gasteiger partial charge in [0.05, 0.1) is 30.4 Å². The van der Waals surface area contributed by atoms with Crippen LogP contribution in [0.3, 0.4) is 0 Å². The van der Waals surface area contributed by atoms with E-state index in [2.05, 4.69) is 20.2 Å². The number of nitrogens with one attached hydrogen (secondary N) is 1. The molecule has 0 aliphatic carbocycles. The van der Waals surface area contributed by atoms with Gasteiger partial charge < -0.3 is 19.5 Å². The molecule has 0 radical (unpaired) electrons. The predicted octanol–water partition coefficient (Wildman–Crippen LogP) is 5.35. The molecule has 5 rings (SSSR count). The van der Waals surface area contributed by atoms with Crippen LogP contribution in [0.1, 0.15) is 22.3 Å². The number of anilines is 1. The third kappa shape index (κ3) is 7.20. The van der Waals surface area contributed by atoms with Crippen LogP contribution in [0.4, 0.5) is 10.2 Å². The van der Waals surface area contributed by atoms with Crippen molar-refractivity contribution in [1.29, 1.82) is 0 Å². The van der Waals surface area contributed by atoms with Crippen molar-refractivity contribution in [1.82, 2.24) is 14.9 Å². The summed E-state index contributed by atoms with van der Waals surface area (Å²) in [5.41, 5.74) is 1.68. The Labute approximate surface area is 230 Å². The summed E-state index contributed by atoms with van der Waals surface area (Å²) in [6.07, 6.45) is 2.30. The van der Waals surface area contributed by atoms with Crippen molar-refractivity contribution in [3.8, 4) is 11.5 Å². The Morgan fingerprint density at radius 3 is 2.74 bits per heavy atom. The zero-order valence-electron chi connectivity index (χ0n) is 21.2. The predicted molar refractivity (Wildman–Crippen MR) is 147 cm³/mol. The maximum atomic E-state index is 13.4. The summed E-state index contributed by atoms with van der Waals surface area (Å²) in [4.78, 5) is 24.0. The van der Waals surface area contributed by atoms with Gasteiger partial charge in [-0.1, -0.05) is 23.7 Å². The fraction of sp³-hybridized carbons (Fsp3) is 0.276. The molecule has 1 saturated heterocycles. The first-order valence-corrected chi connectivity index (χ1v) is 13.1. The SMILES string of the molecule is O=C(Nc1ncnc2ccc(OCCCN3CCOCC3)cc12)c1ccc(OCc2cccc(F)c2)c(Cl)c1. The normalized spacial score (nSPS) is 13.8. The van der Waals surface area contributed by atoms with Crippen LogP contribution < -0.4 is 14.8 Å². The summed E-state index contributed by atoms with van der Waals surface area (Å²) in [6, 6.07) is 16.4. The van der Waals surface area contributed by atoms with Crippen LogP contribution in [0.2, 0.25) is 5.02 Å². The number of hydrogen-bond donors (Lipinski definition) is 1. The van der Waals surface area contributed by atoms with Crippen molar-refractivity contribution in [2.75, 3.05) is 44.8 Å². The highest BCUT2D eigenvalue weighted by molar-refractivity contribution is 6.32. The number of carbonyl (C=O) groups is 1. The molecule has 10 heteroatoms. The molecule has 1 amide bonds. The third-order valence-electron chi connectivity index (χ3n) is 6.31. The van der Waals surface area contributed by atoms with Crippen molar-refractivity contribution >= 4 is 34.2 Å². The molecule has 8 nitrogen and oxygen atoms in total. The minimum Gasteiger partial charge on any atom is -0.494 e. The first kappa shape index (κ1) is 26.8. The lowest BCUT2D eigenvalue weighted by Gasteiger charge is -2.26. The number of hydrogen-bond acceptors (Lipinski definition) is 7. The van der Waals surface area contributed by atoms with Gasteiger partial charge in [-0.2, -0.15) is 0 Å². The Morgan fingerprint density at radius 1 is 1.05 bits per heavy atom. The number of amides is 1. The Balaban J connectivity index is 1.21. The van der Waals surface area contributed by atoms with E-state index in [9.17, 15) is 9.18 Å². The quantitative estimate of drug-likeness (QED) is 0.266. The first-order chi connectivity index (χ1) is 19.0. The summed E-state index contributed by atoms with van der Waals surface area (Å²) < 4.78 is 30.4. The first-order valence-electron chi connectivity index (χ1n) is 12.7. The van der Waals surface area contributed by atoms with Crippen LogP contribution in [0.15, 0.2) is 67.0 Å². The van der Waals surface area contributed by atoms with E-state index >= 15 is 0 Å². The Bertz CT molecular complexity index is 1450. The molecule has 0 unspecified atom stereocenters. The monoisotopic (exact) mass is 550 g/mol. The van der Waals surface area contributed by atoms with Gasteiger partial charge in [0.25, 0.3) is 5.91 Å². The van der Waals surface area contributed by atoms with Crippen LogP contribution >= 0.6 is 11.6 Å². The van der Waals surface area contributed by atoms with E-state index in [-0.39, 0.29) is 23.4 Å². The van der Waals surface area contributed by atoms with Gasteiger partial charge in [-0.3, -0.25) is 9.69 Å². The van der Waals surface area contributed by atoms with Crippen molar-refractivity contribution in [2.24, 2.45) is 0 Å². The number of benzene rings is 3. The maximum Gasteiger partial charge on any atom is 0.256 e. The molecule has 0 saturated carbocycles. The minimum atomic E-state index is -0.384. The number of aromatic nitrogens is 2. The summed E-state index contributed by atoms with van der Waals surface area (Å²) in [7, 11) is 0. The van der Waals surface area contributed by atoms with Crippen molar-refractivity contribution < 1.29 is 23.4 Å². The number of rotatable bonds is 10. The van der Waals surface area contributed by atoms with Gasteiger partial charge in [0.2, 0.25) is 0 Å². The second-order valence-electron chi connectivity index (χ2n) is 9.08. The number of halogens is 2. The highest BCUT2D eigenvalue weighted by atomic mass is 35.5. The molecular weight excluding hydrogens is 523 g/mol. The third-order valence-corrected chi connectivity index (χ3v) is 6.60. The lowest BCUT2D eigenvalue weighted by molar-refractivity contribution is 0.0358. The summed E-state index contributed by atoms with van der Waals surface area (Å²) in [5.74, 6) is 0.712. The number of carbonyl (C=O) groups excluding carboxylic acids is 1. The average molecular weight is 551 g/mol. The van der Waals surface area contributed by atoms with Gasteiger partial charge in [0, 0.05) is 30.6 Å². The molecule has 3 aromatic carbocycles. The lowest BCUT2D eigenvalue weighted by Crippen LogP contribution is -2.37. The van der Waals surface area contributed by atoms with Crippen molar-refractivity contribution in [3.05, 3.63) is 89.0 Å². The Morgan fingerprint density at radius 2 is 1.92 bits per heavy atom. The van der Waals surface area contributed by atoms with Crippen LogP contribution in [0.25, 0.3) is 10.9 Å². The smallest absolute Gasteiger partial charge is 0.256 e. The molecule has 39 heavy (non-hydrogen) atoms. The molecule has 1 N–H and O–H groups in total. The number of fused-ring (bicyclic) bond motifs is 1. The molecule has 4 aromatic rings. The molecule has 1 aliphatic heterocycles. The van der Waals surface area contributed by atoms with Crippen molar-refractivity contribution in [2.45, 2.75) is 13.0 Å². The van der Waals surface area contributed by atoms with Crippen LogP contribution in [0.5, 0.6) is 11.5 Å². The molecule has 2 heterocycles. The van der Waals surface area contributed by atoms with E-state index in [0.29, 0.717) is 46.0 Å². The van der Waals surface area contributed by atoms with Crippen LogP contribution in [-0.4, -0.2) is 60.2 Å². The molecule has 1 aromatic heterocycles. The van der Waals surface area contributed by atoms with Crippen LogP contribution in [-0.2, 0) is 11.3 Å². The van der Waals surface area contributed by atoms with Gasteiger partial charge in [0.15, 0.2) is 0 Å². The van der Waals surface area contributed by atoms with E-state index in [4.69, 9.17) is 25.8 Å². The summed E-state index contributed by atoms with van der Waals surface area (Å²) >= 11 is 6.37. The second-order valence-corrected chi connectivity index (χ2v) is 9.48. The molecule has 202 valence electrons. The van der Waals surface area contributed by atoms with Gasteiger partial charge in [-0.05, 0) is 60.5 Å². The standard InChI is InChI=1S/C29H28ClFN4O4/c30-25-16-21(5-8-27(25)39-18-20-3-1-4-22(31)15-20)29(36)34-28-24-17-23(6-7-26(24)32-19-33-28)38-12-2-9-35-10-13-37-14-11-35/h1,3-8,15-17,19H,2,9-14,18H2,(H,32,33,34,36). The Kier molecular flexibility index (Phi) is 8.82. The largest absolute Gasteiger partial charge is 0.494 e. The van der Waals surface area contributed by atoms with E-state index in [1.807, 2.05) is 18.2 Å². The number of morpholine rings is 1. The van der Waals surface area contributed by atoms with Crippen molar-refractivity contribution in [3.63, 3.8) is 0 Å². The highest BCUT2D eigenvalue weighted by Gasteiger charge is 2.14. The minimum absolute atomic E-state index is 0.146. The van der Waals surface area contributed by atoms with E-state index < -0.39 is 0 Å². The molecule has 0 spiro atoms. The van der Waals surface area contributed by atoms with Gasteiger partial charge in [-0.15, -0.1) is 0 Å². The fourth-order valence-electron chi connectivity index (χ4n) is 4.25. The van der Waals surface area contributed by atoms with Gasteiger partial charge >= 0.3 is 0 Å². The average Bonchev–Trinajstić information content (AvgIpc) is 2.95. The fourth-order valence-corrected chi connectivity index (χ4v) is 4.49. The van der Waals surface area contributed by atoms with E-state index in [0.717, 1.165) is 39.3 Å². The maximum absolute atomic E-state index is 13.4. The molecule has 1 aliphatic rings. The zero-order chi connectivity index (χ0) is 27.0. The Hall–Kier alpha value is -3.79. The summed E-state index contributed by atoms with van der Waals surface area (Å²) in [5, 5.41) is 3.77. The second kappa shape index (κ2) is 12.8. The van der Waals surface area contributed by atoms with Crippen LogP contribution in [0, 0.1) is 5.82 Å². The summed E-state index contributed by atoms with van der Waals surface area (Å²) in [6.45, 7) is 5.14. The lowest BCUT2D eigenvalue weighted by atomic mass is 10.2.